The fourth-order valence-corrected chi connectivity index (χ4v) is 7.34. The number of fused-ring (bicyclic) bond motifs is 6. The highest BCUT2D eigenvalue weighted by atomic mass is 16.3. The molecule has 0 radical (unpaired) electrons. The van der Waals surface area contributed by atoms with E-state index in [1.54, 1.807) is 13.0 Å². The van der Waals surface area contributed by atoms with Gasteiger partial charge in [0.25, 0.3) is 0 Å². The summed E-state index contributed by atoms with van der Waals surface area (Å²) in [5, 5.41) is 5.04. The minimum Gasteiger partial charge on any atom is -0.437 e. The summed E-state index contributed by atoms with van der Waals surface area (Å²) >= 11 is 0. The summed E-state index contributed by atoms with van der Waals surface area (Å²) in [7, 11) is 4.00. The molecular formula is C51H55N3O+2. The van der Waals surface area contributed by atoms with Gasteiger partial charge in [-0.05, 0) is 103 Å². The van der Waals surface area contributed by atoms with Crippen molar-refractivity contribution in [3.63, 3.8) is 0 Å². The van der Waals surface area contributed by atoms with Crippen molar-refractivity contribution in [2.45, 2.75) is 68.1 Å². The maximum Gasteiger partial charge on any atom is 0.227 e. The molecule has 0 aliphatic carbocycles. The molecule has 0 amide bonds. The Balaban J connectivity index is 0.000000214. The predicted octanol–water partition coefficient (Wildman–Crippen LogP) is 12.0. The van der Waals surface area contributed by atoms with E-state index in [0.29, 0.717) is 11.3 Å². The lowest BCUT2D eigenvalue weighted by atomic mass is 9.88. The molecule has 0 N–H and O–H groups in total. The smallest absolute Gasteiger partial charge is 0.227 e. The van der Waals surface area contributed by atoms with Crippen LogP contribution in [0.4, 0.5) is 0 Å². The Kier molecular flexibility index (Phi) is 9.66. The molecule has 0 saturated carbocycles. The van der Waals surface area contributed by atoms with Gasteiger partial charge in [-0.2, -0.15) is 4.57 Å². The molecule has 4 aromatic carbocycles. The number of nitrogens with zero attached hydrogens (tertiary/aromatic N) is 3. The Labute approximate surface area is 334 Å². The molecule has 8 rings (SSSR count). The number of hydrogen-bond donors (Lipinski definition) is 0. The zero-order valence-electron chi connectivity index (χ0n) is 38.8. The zero-order valence-corrected chi connectivity index (χ0v) is 33.8. The van der Waals surface area contributed by atoms with E-state index in [1.165, 1.54) is 11.1 Å². The molecule has 0 fully saturated rings. The van der Waals surface area contributed by atoms with Crippen LogP contribution in [0.15, 0.2) is 120 Å². The molecular weight excluding hydrogens is 671 g/mol. The van der Waals surface area contributed by atoms with Crippen molar-refractivity contribution in [2.24, 2.45) is 25.4 Å². The van der Waals surface area contributed by atoms with Crippen LogP contribution in [0, 0.1) is 37.5 Å². The number of terminal acetylenes is 1. The van der Waals surface area contributed by atoms with E-state index < -0.39 is 18.2 Å². The van der Waals surface area contributed by atoms with Crippen molar-refractivity contribution < 1.29 is 20.4 Å². The molecule has 0 bridgehead atoms. The van der Waals surface area contributed by atoms with E-state index in [1.807, 2.05) is 126 Å². The minimum absolute atomic E-state index is 0.152. The fraction of sp³-hybridized carbons (Fsp3) is 0.275. The molecule has 4 aromatic heterocycles. The second-order valence-corrected chi connectivity index (χ2v) is 15.4. The van der Waals surface area contributed by atoms with Gasteiger partial charge in [0.2, 0.25) is 22.6 Å². The van der Waals surface area contributed by atoms with Crippen LogP contribution in [-0.4, -0.2) is 4.98 Å². The number of benzene rings is 4. The fourth-order valence-electron chi connectivity index (χ4n) is 7.34. The van der Waals surface area contributed by atoms with Crippen LogP contribution in [0.2, 0.25) is 0 Å². The quantitative estimate of drug-likeness (QED) is 0.130. The molecule has 4 heterocycles. The summed E-state index contributed by atoms with van der Waals surface area (Å²) in [6.07, 6.45) is 3.87. The minimum atomic E-state index is -1.45. The number of hydrogen-bond acceptors (Lipinski definition) is 2. The van der Waals surface area contributed by atoms with Crippen LogP contribution in [0.5, 0.6) is 0 Å². The van der Waals surface area contributed by atoms with Gasteiger partial charge in [0.15, 0.2) is 11.8 Å². The molecule has 0 unspecified atom stereocenters. The van der Waals surface area contributed by atoms with Gasteiger partial charge in [0.05, 0.1) is 6.93 Å². The van der Waals surface area contributed by atoms with Gasteiger partial charge in [-0.1, -0.05) is 89.2 Å². The molecule has 0 aliphatic heterocycles. The van der Waals surface area contributed by atoms with E-state index in [-0.39, 0.29) is 12.1 Å². The average Bonchev–Trinajstić information content (AvgIpc) is 3.57. The second kappa shape index (κ2) is 16.3. The van der Waals surface area contributed by atoms with Crippen molar-refractivity contribution >= 4 is 43.7 Å². The van der Waals surface area contributed by atoms with Crippen LogP contribution in [0.25, 0.3) is 66.3 Å². The van der Waals surface area contributed by atoms with Gasteiger partial charge in [0.1, 0.15) is 14.1 Å². The van der Waals surface area contributed by atoms with Crippen LogP contribution in [0.1, 0.15) is 70.7 Å². The number of aryl methyl sites for hydroxylation is 4. The Morgan fingerprint density at radius 2 is 1.49 bits per heavy atom. The van der Waals surface area contributed by atoms with Crippen molar-refractivity contribution in [1.29, 1.82) is 0 Å². The Bertz CT molecular complexity index is 2930. The zero-order chi connectivity index (χ0) is 43.9. The molecule has 8 aromatic rings. The van der Waals surface area contributed by atoms with E-state index >= 15 is 0 Å². The summed E-state index contributed by atoms with van der Waals surface area (Å²) in [5.74, 6) is 2.10. The summed E-state index contributed by atoms with van der Waals surface area (Å²) in [6.45, 7) is 15.5. The maximum absolute atomic E-state index is 8.72. The lowest BCUT2D eigenvalue weighted by molar-refractivity contribution is -0.660. The highest BCUT2D eigenvalue weighted by molar-refractivity contribution is 6.23. The molecule has 0 atom stereocenters. The molecule has 55 heavy (non-hydrogen) atoms. The first-order valence-corrected chi connectivity index (χ1v) is 18.8. The highest BCUT2D eigenvalue weighted by Gasteiger charge is 2.26. The third kappa shape index (κ3) is 8.18. The Morgan fingerprint density at radius 1 is 0.818 bits per heavy atom. The Hall–Kier alpha value is -5.79. The largest absolute Gasteiger partial charge is 0.437 e. The van der Waals surface area contributed by atoms with Gasteiger partial charge < -0.3 is 4.42 Å². The predicted molar refractivity (Wildman–Crippen MR) is 232 cm³/mol. The summed E-state index contributed by atoms with van der Waals surface area (Å²) in [4.78, 5) is 4.36. The van der Waals surface area contributed by atoms with Crippen molar-refractivity contribution in [3.05, 3.63) is 138 Å². The van der Waals surface area contributed by atoms with Crippen LogP contribution >= 0.6 is 0 Å². The summed E-state index contributed by atoms with van der Waals surface area (Å²) in [6, 6.07) is 34.1. The van der Waals surface area contributed by atoms with Gasteiger partial charge in [0, 0.05) is 57.1 Å². The SMILES string of the molecule is C#CC.[2H]C([2H])(c1ccc(-c2ccccc2C)[n+](C)c1)C(C)(C)C.[2H]c1ccc2c(n1)oc1c(-c3ccc4c(C([2H])([2H])C(C)C)cccc4[n+]3C)c(C)c3ccccc3c12. The number of furan rings is 1. The molecule has 4 heteroatoms. The highest BCUT2D eigenvalue weighted by Crippen LogP contribution is 2.42. The molecule has 4 nitrogen and oxygen atoms in total. The number of aromatic nitrogens is 3. The number of pyridine rings is 3. The summed E-state index contributed by atoms with van der Waals surface area (Å²) in [5.41, 5.74) is 9.72. The first-order valence-electron chi connectivity index (χ1n) is 21.3. The molecule has 278 valence electrons. The lowest BCUT2D eigenvalue weighted by Crippen LogP contribution is -2.32. The normalized spacial score (nSPS) is 13.2. The molecule has 0 saturated heterocycles. The van der Waals surface area contributed by atoms with E-state index in [4.69, 9.17) is 11.3 Å². The van der Waals surface area contributed by atoms with Crippen molar-refractivity contribution in [1.82, 2.24) is 4.98 Å². The summed E-state index contributed by atoms with van der Waals surface area (Å²) < 4.78 is 52.7. The van der Waals surface area contributed by atoms with E-state index in [9.17, 15) is 0 Å². The van der Waals surface area contributed by atoms with Gasteiger partial charge in [-0.3, -0.25) is 0 Å². The van der Waals surface area contributed by atoms with Crippen molar-refractivity contribution in [3.8, 4) is 34.9 Å². The van der Waals surface area contributed by atoms with E-state index in [0.717, 1.165) is 66.1 Å². The van der Waals surface area contributed by atoms with Crippen LogP contribution < -0.4 is 9.13 Å². The van der Waals surface area contributed by atoms with E-state index in [2.05, 4.69) is 66.1 Å². The van der Waals surface area contributed by atoms with Crippen LogP contribution in [-0.2, 0) is 26.8 Å². The second-order valence-electron chi connectivity index (χ2n) is 15.4. The standard InChI is InChI=1S/C30H27N2O.C18H24N.C3H4/c1-18(2)17-20-9-7-13-25-22(20)14-15-26(32(25)4)27-19(3)21-10-5-6-11-23(21)28-24-12-8-16-31-30(24)33-29(27)28;1-14-8-6-7-9-16(14)17-11-10-15(13-19(17)5)12-18(2,3)4;1-3-2/h5-16,18H,17H2,1-4H3;6-11,13H,12H2,1-5H3;1H,2H3/q2*+1;/i16D,17D2;12D2;. The topological polar surface area (TPSA) is 33.8 Å². The first kappa shape index (κ1) is 32.6. The Morgan fingerprint density at radius 3 is 2.18 bits per heavy atom. The van der Waals surface area contributed by atoms with Gasteiger partial charge >= 0.3 is 0 Å². The maximum atomic E-state index is 8.72. The third-order valence-corrected chi connectivity index (χ3v) is 9.61. The van der Waals surface area contributed by atoms with Gasteiger partial charge in [-0.25, -0.2) is 9.55 Å². The van der Waals surface area contributed by atoms with Crippen LogP contribution in [0.3, 0.4) is 0 Å². The first-order chi connectivity index (χ1) is 28.3. The number of rotatable bonds is 5. The van der Waals surface area contributed by atoms with Crippen molar-refractivity contribution in [2.75, 3.05) is 0 Å². The molecule has 0 spiro atoms. The third-order valence-electron chi connectivity index (χ3n) is 9.61. The monoisotopic (exact) mass is 730 g/mol. The molecule has 0 aliphatic rings. The average molecular weight is 731 g/mol. The lowest BCUT2D eigenvalue weighted by Gasteiger charge is -2.17. The van der Waals surface area contributed by atoms with Gasteiger partial charge in [-0.15, -0.1) is 12.3 Å².